The largest absolute Gasteiger partial charge is 0.392 e. The van der Waals surface area contributed by atoms with Gasteiger partial charge in [0.2, 0.25) is 10.0 Å². The molecule has 1 saturated heterocycles. The van der Waals surface area contributed by atoms with Crippen molar-refractivity contribution in [3.05, 3.63) is 18.5 Å². The molecule has 0 bridgehead atoms. The number of β-amino-alcohol motifs (C(OH)–C–C–N with tert-alkyl or cyclic N) is 1. The molecule has 2 heterocycles. The van der Waals surface area contributed by atoms with Crippen LogP contribution in [0, 0.1) is 0 Å². The Morgan fingerprint density at radius 1 is 1.61 bits per heavy atom. The fraction of sp³-hybridized carbons (Fsp3) is 0.545. The predicted molar refractivity (Wildman–Crippen MR) is 67.8 cm³/mol. The first-order valence-electron chi connectivity index (χ1n) is 5.91. The molecule has 0 spiro atoms. The van der Waals surface area contributed by atoms with E-state index in [9.17, 15) is 13.5 Å². The van der Waals surface area contributed by atoms with E-state index in [1.54, 1.807) is 12.3 Å². The zero-order valence-corrected chi connectivity index (χ0v) is 11.0. The molecule has 2 rings (SSSR count). The Kier molecular flexibility index (Phi) is 3.84. The summed E-state index contributed by atoms with van der Waals surface area (Å²) in [5.41, 5.74) is 0.550. The van der Waals surface area contributed by atoms with Crippen molar-refractivity contribution in [2.24, 2.45) is 0 Å². The van der Waals surface area contributed by atoms with Crippen molar-refractivity contribution in [1.29, 1.82) is 0 Å². The van der Waals surface area contributed by atoms with Crippen LogP contribution in [0.5, 0.6) is 0 Å². The smallest absolute Gasteiger partial charge is 0.246 e. The SMILES string of the molecule is CCNc1ccncc1S(=O)(=O)N1CCC(O)C1. The number of pyridine rings is 1. The van der Waals surface area contributed by atoms with Gasteiger partial charge in [0, 0.05) is 32.0 Å². The van der Waals surface area contributed by atoms with Gasteiger partial charge in [-0.05, 0) is 19.4 Å². The lowest BCUT2D eigenvalue weighted by Gasteiger charge is -2.18. The van der Waals surface area contributed by atoms with E-state index in [0.717, 1.165) is 0 Å². The number of hydrogen-bond donors (Lipinski definition) is 2. The fourth-order valence-electron chi connectivity index (χ4n) is 1.99. The number of nitrogens with one attached hydrogen (secondary N) is 1. The summed E-state index contributed by atoms with van der Waals surface area (Å²) in [4.78, 5) is 4.04. The average Bonchev–Trinajstić information content (AvgIpc) is 2.78. The fourth-order valence-corrected chi connectivity index (χ4v) is 3.59. The van der Waals surface area contributed by atoms with Crippen LogP contribution in [0.25, 0.3) is 0 Å². The molecule has 1 atom stereocenters. The highest BCUT2D eigenvalue weighted by Crippen LogP contribution is 2.26. The van der Waals surface area contributed by atoms with Gasteiger partial charge < -0.3 is 10.4 Å². The molecule has 1 unspecified atom stereocenters. The third-order valence-electron chi connectivity index (χ3n) is 2.90. The molecule has 0 aromatic carbocycles. The molecular weight excluding hydrogens is 254 g/mol. The third kappa shape index (κ3) is 2.47. The van der Waals surface area contributed by atoms with E-state index in [0.29, 0.717) is 25.2 Å². The summed E-state index contributed by atoms with van der Waals surface area (Å²) in [6.45, 7) is 3.04. The number of rotatable bonds is 4. The van der Waals surface area contributed by atoms with Gasteiger partial charge in [-0.1, -0.05) is 0 Å². The van der Waals surface area contributed by atoms with Gasteiger partial charge in [0.05, 0.1) is 11.8 Å². The van der Waals surface area contributed by atoms with Gasteiger partial charge in [-0.3, -0.25) is 4.98 Å². The molecule has 0 saturated carbocycles. The minimum atomic E-state index is -3.58. The molecule has 1 aromatic heterocycles. The number of anilines is 1. The topological polar surface area (TPSA) is 82.5 Å². The van der Waals surface area contributed by atoms with Crippen LogP contribution in [0.1, 0.15) is 13.3 Å². The highest BCUT2D eigenvalue weighted by Gasteiger charge is 2.33. The molecule has 1 aliphatic heterocycles. The Bertz CT molecular complexity index is 518. The minimum absolute atomic E-state index is 0.156. The first-order chi connectivity index (χ1) is 8.55. The highest BCUT2D eigenvalue weighted by molar-refractivity contribution is 7.89. The molecule has 1 aromatic rings. The molecule has 0 radical (unpaired) electrons. The van der Waals surface area contributed by atoms with Crippen molar-refractivity contribution in [3.63, 3.8) is 0 Å². The van der Waals surface area contributed by atoms with Crippen LogP contribution < -0.4 is 5.32 Å². The second kappa shape index (κ2) is 5.21. The Morgan fingerprint density at radius 2 is 2.39 bits per heavy atom. The van der Waals surface area contributed by atoms with E-state index in [2.05, 4.69) is 10.3 Å². The van der Waals surface area contributed by atoms with Crippen molar-refractivity contribution in [2.75, 3.05) is 25.0 Å². The normalized spacial score (nSPS) is 21.1. The van der Waals surface area contributed by atoms with Gasteiger partial charge in [-0.25, -0.2) is 8.42 Å². The standard InChI is InChI=1S/C11H17N3O3S/c1-2-13-10-3-5-12-7-11(10)18(16,17)14-6-4-9(15)8-14/h3,5,7,9,15H,2,4,6,8H2,1H3,(H,12,13). The Hall–Kier alpha value is -1.18. The molecule has 7 heteroatoms. The van der Waals surface area contributed by atoms with Gasteiger partial charge >= 0.3 is 0 Å². The molecule has 100 valence electrons. The summed E-state index contributed by atoms with van der Waals surface area (Å²) in [6, 6.07) is 1.64. The van der Waals surface area contributed by atoms with Crippen LogP contribution >= 0.6 is 0 Å². The molecule has 6 nitrogen and oxygen atoms in total. The number of nitrogens with zero attached hydrogens (tertiary/aromatic N) is 2. The van der Waals surface area contributed by atoms with Gasteiger partial charge in [0.15, 0.2) is 0 Å². The van der Waals surface area contributed by atoms with Crippen LogP contribution in [0.15, 0.2) is 23.4 Å². The first-order valence-corrected chi connectivity index (χ1v) is 7.35. The first kappa shape index (κ1) is 13.3. The van der Waals surface area contributed by atoms with Gasteiger partial charge in [-0.2, -0.15) is 4.31 Å². The molecular formula is C11H17N3O3S. The second-order valence-corrected chi connectivity index (χ2v) is 6.11. The molecule has 0 aliphatic carbocycles. The Morgan fingerprint density at radius 3 is 3.00 bits per heavy atom. The predicted octanol–water partition coefficient (Wildman–Crippen LogP) is 0.269. The lowest BCUT2D eigenvalue weighted by Crippen LogP contribution is -2.30. The van der Waals surface area contributed by atoms with E-state index < -0.39 is 16.1 Å². The summed E-state index contributed by atoms with van der Waals surface area (Å²) in [5.74, 6) is 0. The number of aliphatic hydroxyl groups is 1. The Labute approximate surface area is 107 Å². The van der Waals surface area contributed by atoms with Crippen LogP contribution in [-0.2, 0) is 10.0 Å². The van der Waals surface area contributed by atoms with Crippen LogP contribution in [0.2, 0.25) is 0 Å². The van der Waals surface area contributed by atoms with Crippen LogP contribution in [-0.4, -0.2) is 48.6 Å². The number of aromatic nitrogens is 1. The number of hydrogen-bond acceptors (Lipinski definition) is 5. The lowest BCUT2D eigenvalue weighted by molar-refractivity contribution is 0.189. The maximum absolute atomic E-state index is 12.4. The molecule has 0 amide bonds. The van der Waals surface area contributed by atoms with Crippen LogP contribution in [0.3, 0.4) is 0 Å². The Balaban J connectivity index is 2.35. The van der Waals surface area contributed by atoms with Crippen molar-refractivity contribution in [1.82, 2.24) is 9.29 Å². The maximum atomic E-state index is 12.4. The van der Waals surface area contributed by atoms with Gasteiger partial charge in [0.1, 0.15) is 4.90 Å². The van der Waals surface area contributed by atoms with E-state index in [1.165, 1.54) is 10.5 Å². The van der Waals surface area contributed by atoms with Crippen molar-refractivity contribution in [3.8, 4) is 0 Å². The van der Waals surface area contributed by atoms with Crippen molar-refractivity contribution in [2.45, 2.75) is 24.3 Å². The van der Waals surface area contributed by atoms with Crippen molar-refractivity contribution >= 4 is 15.7 Å². The highest BCUT2D eigenvalue weighted by atomic mass is 32.2. The van der Waals surface area contributed by atoms with E-state index >= 15 is 0 Å². The lowest BCUT2D eigenvalue weighted by atomic mass is 10.3. The van der Waals surface area contributed by atoms with Crippen LogP contribution in [0.4, 0.5) is 5.69 Å². The van der Waals surface area contributed by atoms with E-state index in [1.807, 2.05) is 6.92 Å². The summed E-state index contributed by atoms with van der Waals surface area (Å²) in [6.07, 6.45) is 2.81. The molecule has 1 aliphatic rings. The van der Waals surface area contributed by atoms with Crippen molar-refractivity contribution < 1.29 is 13.5 Å². The zero-order valence-electron chi connectivity index (χ0n) is 10.2. The molecule has 2 N–H and O–H groups in total. The van der Waals surface area contributed by atoms with Gasteiger partial charge in [0.25, 0.3) is 0 Å². The molecule has 18 heavy (non-hydrogen) atoms. The zero-order chi connectivity index (χ0) is 13.2. The van der Waals surface area contributed by atoms with E-state index in [4.69, 9.17) is 0 Å². The van der Waals surface area contributed by atoms with Gasteiger partial charge in [-0.15, -0.1) is 0 Å². The summed E-state index contributed by atoms with van der Waals surface area (Å²) >= 11 is 0. The third-order valence-corrected chi connectivity index (χ3v) is 4.79. The summed E-state index contributed by atoms with van der Waals surface area (Å²) < 4.78 is 26.1. The quantitative estimate of drug-likeness (QED) is 0.821. The maximum Gasteiger partial charge on any atom is 0.246 e. The average molecular weight is 271 g/mol. The van der Waals surface area contributed by atoms with E-state index in [-0.39, 0.29) is 11.4 Å². The summed E-state index contributed by atoms with van der Waals surface area (Å²) in [5, 5.41) is 12.5. The monoisotopic (exact) mass is 271 g/mol. The number of aliphatic hydroxyl groups excluding tert-OH is 1. The number of sulfonamides is 1. The second-order valence-electron chi connectivity index (χ2n) is 4.21. The molecule has 1 fully saturated rings. The minimum Gasteiger partial charge on any atom is -0.392 e. The summed E-state index contributed by atoms with van der Waals surface area (Å²) in [7, 11) is -3.58.